The summed E-state index contributed by atoms with van der Waals surface area (Å²) < 4.78 is 21.6. The van der Waals surface area contributed by atoms with E-state index in [0.29, 0.717) is 20.2 Å². The highest BCUT2D eigenvalue weighted by Gasteiger charge is 2.21. The van der Waals surface area contributed by atoms with E-state index >= 15 is 0 Å². The predicted octanol–water partition coefficient (Wildman–Crippen LogP) is 5.60. The van der Waals surface area contributed by atoms with Crippen LogP contribution < -0.4 is 0 Å². The molecule has 0 saturated carbocycles. The zero-order valence-corrected chi connectivity index (χ0v) is 15.0. The molecule has 112 valence electrons. The maximum absolute atomic E-state index is 13.6. The maximum atomic E-state index is 13.6. The molecule has 0 atom stereocenters. The van der Waals surface area contributed by atoms with Gasteiger partial charge in [-0.05, 0) is 61.0 Å². The summed E-state index contributed by atoms with van der Waals surface area (Å²) in [6.07, 6.45) is 1.09. The van der Waals surface area contributed by atoms with E-state index in [0.717, 1.165) is 0 Å². The summed E-state index contributed by atoms with van der Waals surface area (Å²) in [5.74, 6) is -0.382. The second-order valence-electron chi connectivity index (χ2n) is 5.55. The van der Waals surface area contributed by atoms with Gasteiger partial charge >= 0.3 is 6.09 Å². The van der Waals surface area contributed by atoms with Crippen molar-refractivity contribution in [2.75, 3.05) is 0 Å². The van der Waals surface area contributed by atoms with Crippen LogP contribution in [0.25, 0.3) is 11.3 Å². The molecule has 2 rings (SSSR count). The quantitative estimate of drug-likeness (QED) is 0.603. The van der Waals surface area contributed by atoms with E-state index in [1.54, 1.807) is 39.1 Å². The van der Waals surface area contributed by atoms with Gasteiger partial charge in [-0.2, -0.15) is 0 Å². The predicted molar refractivity (Wildman–Crippen MR) is 86.9 cm³/mol. The number of aromatic nitrogens is 1. The van der Waals surface area contributed by atoms with Crippen molar-refractivity contribution in [3.8, 4) is 11.3 Å². The summed E-state index contributed by atoms with van der Waals surface area (Å²) in [6, 6.07) is 6.21. The van der Waals surface area contributed by atoms with Gasteiger partial charge in [0.2, 0.25) is 0 Å². The summed E-state index contributed by atoms with van der Waals surface area (Å²) in [4.78, 5) is 12.3. The molecule has 2 aromatic rings. The van der Waals surface area contributed by atoms with Crippen LogP contribution in [0.2, 0.25) is 0 Å². The summed E-state index contributed by atoms with van der Waals surface area (Å²) in [5.41, 5.74) is 0.530. The zero-order valence-electron chi connectivity index (χ0n) is 11.8. The average molecular weight is 419 g/mol. The van der Waals surface area contributed by atoms with Crippen molar-refractivity contribution < 1.29 is 13.9 Å². The Balaban J connectivity index is 2.48. The number of carbonyl (C=O) groups is 1. The molecule has 0 unspecified atom stereocenters. The second-order valence-corrected chi connectivity index (χ2v) is 7.38. The largest absolute Gasteiger partial charge is 0.443 e. The van der Waals surface area contributed by atoms with Crippen molar-refractivity contribution in [3.63, 3.8) is 0 Å². The second kappa shape index (κ2) is 5.93. The summed E-state index contributed by atoms with van der Waals surface area (Å²) in [7, 11) is 0. The van der Waals surface area contributed by atoms with Gasteiger partial charge in [0.25, 0.3) is 0 Å². The molecule has 0 aliphatic rings. The van der Waals surface area contributed by atoms with E-state index in [2.05, 4.69) is 31.9 Å². The maximum Gasteiger partial charge on any atom is 0.419 e. The van der Waals surface area contributed by atoms with E-state index in [1.165, 1.54) is 16.7 Å². The fourth-order valence-corrected chi connectivity index (χ4v) is 2.70. The lowest BCUT2D eigenvalue weighted by Gasteiger charge is -2.20. The Hall–Kier alpha value is -1.14. The van der Waals surface area contributed by atoms with Crippen LogP contribution in [0.4, 0.5) is 9.18 Å². The number of benzene rings is 1. The first-order chi connectivity index (χ1) is 9.65. The normalized spacial score (nSPS) is 11.5. The van der Waals surface area contributed by atoms with Gasteiger partial charge in [-0.15, -0.1) is 0 Å². The molecular weight excluding hydrogens is 405 g/mol. The van der Waals surface area contributed by atoms with E-state index in [-0.39, 0.29) is 5.82 Å². The van der Waals surface area contributed by atoms with Crippen molar-refractivity contribution in [3.05, 3.63) is 45.2 Å². The van der Waals surface area contributed by atoms with Crippen LogP contribution in [-0.4, -0.2) is 16.3 Å². The molecule has 0 N–H and O–H groups in total. The minimum absolute atomic E-state index is 0.382. The summed E-state index contributed by atoms with van der Waals surface area (Å²) in [5, 5.41) is 0. The Morgan fingerprint density at radius 1 is 1.14 bits per heavy atom. The molecule has 0 radical (unpaired) electrons. The zero-order chi connectivity index (χ0) is 15.8. The van der Waals surface area contributed by atoms with Crippen molar-refractivity contribution in [2.24, 2.45) is 0 Å². The molecule has 0 aliphatic carbocycles. The summed E-state index contributed by atoms with van der Waals surface area (Å²) in [6.45, 7) is 5.38. The number of hydrogen-bond acceptors (Lipinski definition) is 2. The first-order valence-electron chi connectivity index (χ1n) is 6.23. The Morgan fingerprint density at radius 2 is 1.81 bits per heavy atom. The average Bonchev–Trinajstić information content (AvgIpc) is 2.68. The molecule has 0 fully saturated rings. The van der Waals surface area contributed by atoms with Gasteiger partial charge in [-0.1, -0.05) is 15.9 Å². The first kappa shape index (κ1) is 16.2. The van der Waals surface area contributed by atoms with Crippen LogP contribution in [-0.2, 0) is 4.74 Å². The highest BCUT2D eigenvalue weighted by molar-refractivity contribution is 9.10. The molecule has 1 heterocycles. The summed E-state index contributed by atoms with van der Waals surface area (Å²) >= 11 is 6.58. The first-order valence-corrected chi connectivity index (χ1v) is 7.82. The van der Waals surface area contributed by atoms with E-state index in [1.807, 2.05) is 0 Å². The minimum Gasteiger partial charge on any atom is -0.443 e. The van der Waals surface area contributed by atoms with Crippen molar-refractivity contribution in [2.45, 2.75) is 26.4 Å². The molecule has 3 nitrogen and oxygen atoms in total. The number of halogens is 3. The van der Waals surface area contributed by atoms with Crippen LogP contribution in [0.3, 0.4) is 0 Å². The molecule has 0 amide bonds. The Labute approximate surface area is 139 Å². The monoisotopic (exact) mass is 417 g/mol. The number of rotatable bonds is 1. The lowest BCUT2D eigenvalue weighted by molar-refractivity contribution is 0.0540. The van der Waals surface area contributed by atoms with Crippen LogP contribution in [0.15, 0.2) is 39.4 Å². The highest BCUT2D eigenvalue weighted by Crippen LogP contribution is 2.29. The lowest BCUT2D eigenvalue weighted by Crippen LogP contribution is -2.27. The molecule has 0 saturated heterocycles. The van der Waals surface area contributed by atoms with Gasteiger partial charge < -0.3 is 4.74 Å². The van der Waals surface area contributed by atoms with Crippen LogP contribution in [0, 0.1) is 5.82 Å². The Morgan fingerprint density at radius 3 is 2.38 bits per heavy atom. The van der Waals surface area contributed by atoms with Crippen LogP contribution in [0.5, 0.6) is 0 Å². The SMILES string of the molecule is CC(C)(C)OC(=O)n1cc(Br)cc1-c1cc(F)cc(Br)c1. The van der Waals surface area contributed by atoms with Gasteiger partial charge in [0, 0.05) is 20.7 Å². The molecule has 0 spiro atoms. The molecule has 6 heteroatoms. The van der Waals surface area contributed by atoms with Gasteiger partial charge in [-0.25, -0.2) is 9.18 Å². The third-order valence-electron chi connectivity index (χ3n) is 2.54. The highest BCUT2D eigenvalue weighted by atomic mass is 79.9. The number of carbonyl (C=O) groups excluding carboxylic acids is 1. The standard InChI is InChI=1S/C15H14Br2FNO2/c1-15(2,3)21-14(20)19-8-11(17)7-13(19)9-4-10(16)6-12(18)5-9/h4-8H,1-3H3. The number of ether oxygens (including phenoxy) is 1. The third-order valence-corrected chi connectivity index (χ3v) is 3.43. The molecule has 0 aliphatic heterocycles. The van der Waals surface area contributed by atoms with Gasteiger partial charge in [0.15, 0.2) is 0 Å². The number of nitrogens with zero attached hydrogens (tertiary/aromatic N) is 1. The molecule has 1 aromatic carbocycles. The van der Waals surface area contributed by atoms with Crippen molar-refractivity contribution in [1.29, 1.82) is 0 Å². The fourth-order valence-electron chi connectivity index (χ4n) is 1.82. The molecular formula is C15H14Br2FNO2. The van der Waals surface area contributed by atoms with Gasteiger partial charge in [0.05, 0.1) is 5.69 Å². The van der Waals surface area contributed by atoms with E-state index < -0.39 is 11.7 Å². The lowest BCUT2D eigenvalue weighted by atomic mass is 10.1. The molecule has 0 bridgehead atoms. The van der Waals surface area contributed by atoms with Crippen LogP contribution >= 0.6 is 31.9 Å². The smallest absolute Gasteiger partial charge is 0.419 e. The number of hydrogen-bond donors (Lipinski definition) is 0. The van der Waals surface area contributed by atoms with Gasteiger partial charge in [0.1, 0.15) is 11.4 Å². The van der Waals surface area contributed by atoms with Crippen molar-refractivity contribution >= 4 is 38.0 Å². The van der Waals surface area contributed by atoms with Crippen LogP contribution in [0.1, 0.15) is 20.8 Å². The Kier molecular flexibility index (Phi) is 4.58. The van der Waals surface area contributed by atoms with E-state index in [9.17, 15) is 9.18 Å². The minimum atomic E-state index is -0.604. The molecule has 1 aromatic heterocycles. The third kappa shape index (κ3) is 4.17. The fraction of sp³-hybridized carbons (Fsp3) is 0.267. The van der Waals surface area contributed by atoms with Crippen molar-refractivity contribution in [1.82, 2.24) is 4.57 Å². The topological polar surface area (TPSA) is 31.2 Å². The van der Waals surface area contributed by atoms with E-state index in [4.69, 9.17) is 4.74 Å². The van der Waals surface area contributed by atoms with Gasteiger partial charge in [-0.3, -0.25) is 4.57 Å². The molecule has 21 heavy (non-hydrogen) atoms. The Bertz CT molecular complexity index is 669.